The maximum absolute atomic E-state index is 12.2. The molecule has 1 atom stereocenters. The van der Waals surface area contributed by atoms with Gasteiger partial charge in [0.2, 0.25) is 11.8 Å². The molecule has 10 nitrogen and oxygen atoms in total. The van der Waals surface area contributed by atoms with Crippen LogP contribution in [-0.4, -0.2) is 60.4 Å². The number of nitrogen functional groups attached to an aromatic ring is 1. The Labute approximate surface area is 167 Å². The van der Waals surface area contributed by atoms with Gasteiger partial charge in [0.15, 0.2) is 5.65 Å². The van der Waals surface area contributed by atoms with Crippen molar-refractivity contribution in [1.29, 1.82) is 0 Å². The third-order valence-corrected chi connectivity index (χ3v) is 4.39. The van der Waals surface area contributed by atoms with E-state index in [4.69, 9.17) is 15.2 Å². The number of nitrogens with two attached hydrogens (primary N) is 1. The normalized spacial score (nSPS) is 16.9. The molecular weight excluding hydrogens is 374 g/mol. The average molecular weight is 397 g/mol. The average Bonchev–Trinajstić information content (AvgIpc) is 3.28. The van der Waals surface area contributed by atoms with E-state index in [0.29, 0.717) is 31.0 Å². The zero-order valence-corrected chi connectivity index (χ0v) is 16.6. The van der Waals surface area contributed by atoms with Gasteiger partial charge in [0.1, 0.15) is 11.7 Å². The van der Waals surface area contributed by atoms with E-state index < -0.39 is 5.60 Å². The molecule has 152 valence electrons. The number of rotatable bonds is 3. The molecule has 0 aliphatic carbocycles. The van der Waals surface area contributed by atoms with Crippen LogP contribution in [0.2, 0.25) is 0 Å². The Morgan fingerprint density at radius 3 is 2.66 bits per heavy atom. The topological polar surface area (TPSA) is 121 Å². The van der Waals surface area contributed by atoms with Crippen molar-refractivity contribution < 1.29 is 14.3 Å². The van der Waals surface area contributed by atoms with Crippen LogP contribution in [-0.2, 0) is 4.74 Å². The second kappa shape index (κ2) is 7.19. The van der Waals surface area contributed by atoms with Crippen molar-refractivity contribution in [2.75, 3.05) is 18.8 Å². The van der Waals surface area contributed by atoms with Gasteiger partial charge in [0, 0.05) is 37.0 Å². The number of carbonyl (C=O) groups is 1. The van der Waals surface area contributed by atoms with Crippen LogP contribution in [0, 0.1) is 0 Å². The van der Waals surface area contributed by atoms with E-state index in [1.807, 2.05) is 26.8 Å². The first-order valence-electron chi connectivity index (χ1n) is 9.36. The number of fused-ring (bicyclic) bond motifs is 1. The van der Waals surface area contributed by atoms with Gasteiger partial charge in [-0.25, -0.2) is 24.3 Å². The summed E-state index contributed by atoms with van der Waals surface area (Å²) in [5.41, 5.74) is 7.18. The van der Waals surface area contributed by atoms with Crippen LogP contribution >= 0.6 is 0 Å². The van der Waals surface area contributed by atoms with Gasteiger partial charge in [-0.15, -0.1) is 5.10 Å². The number of anilines is 1. The molecule has 1 aliphatic heterocycles. The quantitative estimate of drug-likeness (QED) is 0.714. The Hall–Kier alpha value is -3.43. The van der Waals surface area contributed by atoms with Crippen LogP contribution in [0.5, 0.6) is 5.88 Å². The highest BCUT2D eigenvalue weighted by molar-refractivity contribution is 5.68. The highest BCUT2D eigenvalue weighted by atomic mass is 16.6. The summed E-state index contributed by atoms with van der Waals surface area (Å²) in [4.78, 5) is 26.3. The zero-order valence-electron chi connectivity index (χ0n) is 16.6. The van der Waals surface area contributed by atoms with E-state index in [1.165, 1.54) is 0 Å². The van der Waals surface area contributed by atoms with Crippen LogP contribution in [0.25, 0.3) is 16.9 Å². The van der Waals surface area contributed by atoms with Crippen molar-refractivity contribution in [1.82, 2.24) is 29.5 Å². The SMILES string of the molecule is CC(C)(C)OC(=O)N1CCC(Oc2ccc3ncc(-c4cnc(N)nc4)n3n2)C1. The number of hydrogen-bond acceptors (Lipinski definition) is 8. The predicted octanol–water partition coefficient (Wildman–Crippen LogP) is 2.16. The molecule has 1 unspecified atom stereocenters. The molecule has 1 amide bonds. The lowest BCUT2D eigenvalue weighted by Gasteiger charge is -2.24. The van der Waals surface area contributed by atoms with Gasteiger partial charge in [-0.2, -0.15) is 0 Å². The maximum atomic E-state index is 12.2. The molecule has 10 heteroatoms. The number of aromatic nitrogens is 5. The molecule has 1 saturated heterocycles. The minimum atomic E-state index is -0.522. The lowest BCUT2D eigenvalue weighted by atomic mass is 10.2. The fourth-order valence-corrected chi connectivity index (χ4v) is 3.07. The molecule has 0 spiro atoms. The summed E-state index contributed by atoms with van der Waals surface area (Å²) >= 11 is 0. The maximum Gasteiger partial charge on any atom is 0.410 e. The van der Waals surface area contributed by atoms with Crippen molar-refractivity contribution in [2.24, 2.45) is 0 Å². The predicted molar refractivity (Wildman–Crippen MR) is 105 cm³/mol. The number of hydrogen-bond donors (Lipinski definition) is 1. The van der Waals surface area contributed by atoms with Gasteiger partial charge in [0.05, 0.1) is 18.4 Å². The largest absolute Gasteiger partial charge is 0.471 e. The molecule has 2 N–H and O–H groups in total. The Balaban J connectivity index is 1.48. The monoisotopic (exact) mass is 397 g/mol. The fourth-order valence-electron chi connectivity index (χ4n) is 3.07. The molecule has 0 saturated carbocycles. The van der Waals surface area contributed by atoms with Gasteiger partial charge >= 0.3 is 6.09 Å². The molecule has 1 fully saturated rings. The van der Waals surface area contributed by atoms with Crippen LogP contribution < -0.4 is 10.5 Å². The van der Waals surface area contributed by atoms with E-state index in [1.54, 1.807) is 34.1 Å². The van der Waals surface area contributed by atoms with E-state index in [2.05, 4.69) is 20.1 Å². The second-order valence-electron chi connectivity index (χ2n) is 7.87. The standard InChI is InChI=1S/C19H23N7O3/c1-19(2,3)29-18(27)25-7-6-13(11-25)28-16-5-4-15-21-10-14(26(15)24-16)12-8-22-17(20)23-9-12/h4-5,8-10,13H,6-7,11H2,1-3H3,(H2,20,22,23). The molecule has 3 aromatic heterocycles. The number of ether oxygens (including phenoxy) is 2. The molecule has 0 bridgehead atoms. The van der Waals surface area contributed by atoms with Gasteiger partial charge in [-0.1, -0.05) is 0 Å². The Morgan fingerprint density at radius 2 is 1.93 bits per heavy atom. The molecule has 1 aliphatic rings. The summed E-state index contributed by atoms with van der Waals surface area (Å²) in [7, 11) is 0. The van der Waals surface area contributed by atoms with Crippen molar-refractivity contribution in [2.45, 2.75) is 38.9 Å². The molecular formula is C19H23N7O3. The van der Waals surface area contributed by atoms with E-state index in [0.717, 1.165) is 11.3 Å². The van der Waals surface area contributed by atoms with Gasteiger partial charge in [-0.3, -0.25) is 0 Å². The first kappa shape index (κ1) is 18.9. The minimum absolute atomic E-state index is 0.153. The Bertz CT molecular complexity index is 1030. The van der Waals surface area contributed by atoms with E-state index in [-0.39, 0.29) is 18.1 Å². The first-order chi connectivity index (χ1) is 13.8. The number of nitrogens with zero attached hydrogens (tertiary/aromatic N) is 6. The van der Waals surface area contributed by atoms with Crippen LogP contribution in [0.1, 0.15) is 27.2 Å². The van der Waals surface area contributed by atoms with Crippen molar-refractivity contribution in [3.63, 3.8) is 0 Å². The van der Waals surface area contributed by atoms with Gasteiger partial charge in [0.25, 0.3) is 0 Å². The van der Waals surface area contributed by atoms with Crippen molar-refractivity contribution in [3.8, 4) is 17.1 Å². The van der Waals surface area contributed by atoms with E-state index in [9.17, 15) is 4.79 Å². The fraction of sp³-hybridized carbons (Fsp3) is 0.421. The van der Waals surface area contributed by atoms with Crippen molar-refractivity contribution >= 4 is 17.7 Å². The van der Waals surface area contributed by atoms with Crippen LogP contribution in [0.4, 0.5) is 10.7 Å². The molecule has 4 heterocycles. The van der Waals surface area contributed by atoms with Crippen LogP contribution in [0.15, 0.2) is 30.7 Å². The highest BCUT2D eigenvalue weighted by Crippen LogP contribution is 2.23. The zero-order chi connectivity index (χ0) is 20.6. The summed E-state index contributed by atoms with van der Waals surface area (Å²) < 4.78 is 13.1. The Kier molecular flexibility index (Phi) is 4.69. The molecule has 4 rings (SSSR count). The number of imidazole rings is 1. The van der Waals surface area contributed by atoms with Crippen LogP contribution in [0.3, 0.4) is 0 Å². The lowest BCUT2D eigenvalue weighted by Crippen LogP contribution is -2.36. The Morgan fingerprint density at radius 1 is 1.17 bits per heavy atom. The number of carbonyl (C=O) groups excluding carboxylic acids is 1. The number of likely N-dealkylation sites (tertiary alicyclic amines) is 1. The molecule has 29 heavy (non-hydrogen) atoms. The summed E-state index contributed by atoms with van der Waals surface area (Å²) in [5.74, 6) is 0.652. The number of amides is 1. The lowest BCUT2D eigenvalue weighted by molar-refractivity contribution is 0.0274. The van der Waals surface area contributed by atoms with E-state index >= 15 is 0 Å². The third kappa shape index (κ3) is 4.20. The summed E-state index contributed by atoms with van der Waals surface area (Å²) in [6.45, 7) is 6.59. The molecule has 3 aromatic rings. The summed E-state index contributed by atoms with van der Waals surface area (Å²) in [5, 5.41) is 4.54. The van der Waals surface area contributed by atoms with Gasteiger partial charge < -0.3 is 20.1 Å². The minimum Gasteiger partial charge on any atom is -0.471 e. The second-order valence-corrected chi connectivity index (χ2v) is 7.87. The van der Waals surface area contributed by atoms with Crippen molar-refractivity contribution in [3.05, 3.63) is 30.7 Å². The summed E-state index contributed by atoms with van der Waals surface area (Å²) in [6, 6.07) is 3.59. The third-order valence-electron chi connectivity index (χ3n) is 4.39. The summed E-state index contributed by atoms with van der Waals surface area (Å²) in [6.07, 6.45) is 5.17. The molecule has 0 radical (unpaired) electrons. The highest BCUT2D eigenvalue weighted by Gasteiger charge is 2.31. The smallest absolute Gasteiger partial charge is 0.410 e. The van der Waals surface area contributed by atoms with Gasteiger partial charge in [-0.05, 0) is 26.8 Å². The first-order valence-corrected chi connectivity index (χ1v) is 9.36. The molecule has 0 aromatic carbocycles.